The molecule has 1 aliphatic heterocycles. The van der Waals surface area contributed by atoms with E-state index in [1.54, 1.807) is 0 Å². The average molecular weight is 260 g/mol. The van der Waals surface area contributed by atoms with Crippen LogP contribution in [-0.2, 0) is 0 Å². The van der Waals surface area contributed by atoms with Gasteiger partial charge >= 0.3 is 0 Å². The van der Waals surface area contributed by atoms with Crippen molar-refractivity contribution in [3.8, 4) is 0 Å². The largest absolute Gasteiger partial charge is 0.299 e. The average Bonchev–Trinajstić information content (AvgIpc) is 2.80. The van der Waals surface area contributed by atoms with Gasteiger partial charge in [0.25, 0.3) is 0 Å². The van der Waals surface area contributed by atoms with Crippen LogP contribution in [0.2, 0.25) is 0 Å². The SMILES string of the molecule is CCCCCCCCCCN1CCCC1CCl. The molecule has 0 amide bonds. The van der Waals surface area contributed by atoms with E-state index >= 15 is 0 Å². The third kappa shape index (κ3) is 6.67. The van der Waals surface area contributed by atoms with Gasteiger partial charge in [0, 0.05) is 11.9 Å². The van der Waals surface area contributed by atoms with Gasteiger partial charge in [-0.05, 0) is 32.4 Å². The lowest BCUT2D eigenvalue weighted by Crippen LogP contribution is -2.31. The van der Waals surface area contributed by atoms with Crippen LogP contribution in [0.5, 0.6) is 0 Å². The topological polar surface area (TPSA) is 3.24 Å². The maximum Gasteiger partial charge on any atom is 0.0379 e. The molecule has 0 spiro atoms. The first-order chi connectivity index (χ1) is 8.38. The highest BCUT2D eigenvalue weighted by Crippen LogP contribution is 2.19. The molecule has 1 unspecified atom stereocenters. The molecule has 0 radical (unpaired) electrons. The van der Waals surface area contributed by atoms with Gasteiger partial charge in [0.05, 0.1) is 0 Å². The fraction of sp³-hybridized carbons (Fsp3) is 1.00. The Labute approximate surface area is 113 Å². The zero-order valence-electron chi connectivity index (χ0n) is 11.6. The van der Waals surface area contributed by atoms with Gasteiger partial charge in [-0.1, -0.05) is 51.9 Å². The van der Waals surface area contributed by atoms with Crippen molar-refractivity contribution in [1.82, 2.24) is 4.90 Å². The third-order valence-corrected chi connectivity index (χ3v) is 4.33. The summed E-state index contributed by atoms with van der Waals surface area (Å²) >= 11 is 5.97. The minimum absolute atomic E-state index is 0.682. The van der Waals surface area contributed by atoms with Gasteiger partial charge in [0.1, 0.15) is 0 Å². The van der Waals surface area contributed by atoms with Crippen LogP contribution in [0.15, 0.2) is 0 Å². The number of hydrogen-bond acceptors (Lipinski definition) is 1. The van der Waals surface area contributed by atoms with Crippen LogP contribution in [0.4, 0.5) is 0 Å². The van der Waals surface area contributed by atoms with Gasteiger partial charge in [-0.2, -0.15) is 0 Å². The molecule has 0 aromatic heterocycles. The quantitative estimate of drug-likeness (QED) is 0.401. The molecule has 17 heavy (non-hydrogen) atoms. The molecule has 1 fully saturated rings. The van der Waals surface area contributed by atoms with Crippen LogP contribution >= 0.6 is 11.6 Å². The van der Waals surface area contributed by atoms with Crippen LogP contribution in [0.3, 0.4) is 0 Å². The number of halogens is 1. The lowest BCUT2D eigenvalue weighted by Gasteiger charge is -2.22. The van der Waals surface area contributed by atoms with Crippen molar-refractivity contribution in [2.24, 2.45) is 0 Å². The predicted octanol–water partition coefficient (Wildman–Crippen LogP) is 4.83. The summed E-state index contributed by atoms with van der Waals surface area (Å²) in [6.45, 7) is 4.85. The lowest BCUT2D eigenvalue weighted by molar-refractivity contribution is 0.264. The number of likely N-dealkylation sites (tertiary alicyclic amines) is 1. The molecule has 1 rings (SSSR count). The maximum atomic E-state index is 5.97. The molecular formula is C15H30ClN. The monoisotopic (exact) mass is 259 g/mol. The Balaban J connectivity index is 1.87. The number of hydrogen-bond donors (Lipinski definition) is 0. The van der Waals surface area contributed by atoms with Crippen LogP contribution in [-0.4, -0.2) is 29.9 Å². The Bertz CT molecular complexity index is 172. The molecule has 0 aliphatic carbocycles. The molecular weight excluding hydrogens is 230 g/mol. The first-order valence-electron chi connectivity index (χ1n) is 7.68. The summed E-state index contributed by atoms with van der Waals surface area (Å²) in [5.74, 6) is 0.830. The van der Waals surface area contributed by atoms with E-state index < -0.39 is 0 Å². The van der Waals surface area contributed by atoms with E-state index in [0.29, 0.717) is 6.04 Å². The summed E-state index contributed by atoms with van der Waals surface area (Å²) in [7, 11) is 0. The third-order valence-electron chi connectivity index (χ3n) is 3.98. The summed E-state index contributed by atoms with van der Waals surface area (Å²) in [5, 5.41) is 0. The number of nitrogens with zero attached hydrogens (tertiary/aromatic N) is 1. The Morgan fingerprint density at radius 1 is 1.00 bits per heavy atom. The summed E-state index contributed by atoms with van der Waals surface area (Å²) in [4.78, 5) is 2.60. The second kappa shape index (κ2) is 10.2. The van der Waals surface area contributed by atoms with Gasteiger partial charge in [-0.15, -0.1) is 11.6 Å². The Morgan fingerprint density at radius 3 is 2.29 bits per heavy atom. The fourth-order valence-electron chi connectivity index (χ4n) is 2.81. The fourth-order valence-corrected chi connectivity index (χ4v) is 3.16. The minimum Gasteiger partial charge on any atom is -0.299 e. The standard InChI is InChI=1S/C15H30ClN/c1-2-3-4-5-6-7-8-9-12-17-13-10-11-15(17)14-16/h15H,2-14H2,1H3. The van der Waals surface area contributed by atoms with E-state index in [2.05, 4.69) is 11.8 Å². The Kier molecular flexibility index (Phi) is 9.18. The van der Waals surface area contributed by atoms with Crippen molar-refractivity contribution in [3.63, 3.8) is 0 Å². The van der Waals surface area contributed by atoms with Crippen molar-refractivity contribution < 1.29 is 0 Å². The molecule has 1 nitrogen and oxygen atoms in total. The number of unbranched alkanes of at least 4 members (excludes halogenated alkanes) is 7. The van der Waals surface area contributed by atoms with E-state index in [1.807, 2.05) is 0 Å². The Hall–Kier alpha value is 0.250. The van der Waals surface area contributed by atoms with Gasteiger partial charge in [-0.3, -0.25) is 4.90 Å². The molecule has 1 heterocycles. The van der Waals surface area contributed by atoms with Gasteiger partial charge in [0.2, 0.25) is 0 Å². The van der Waals surface area contributed by atoms with Crippen LogP contribution in [0, 0.1) is 0 Å². The highest BCUT2D eigenvalue weighted by molar-refractivity contribution is 6.18. The first-order valence-corrected chi connectivity index (χ1v) is 8.22. The zero-order chi connectivity index (χ0) is 12.3. The molecule has 0 aromatic carbocycles. The van der Waals surface area contributed by atoms with E-state index in [-0.39, 0.29) is 0 Å². The van der Waals surface area contributed by atoms with Gasteiger partial charge in [-0.25, -0.2) is 0 Å². The van der Waals surface area contributed by atoms with E-state index in [9.17, 15) is 0 Å². The summed E-state index contributed by atoms with van der Waals surface area (Å²) in [6, 6.07) is 0.682. The molecule has 102 valence electrons. The summed E-state index contributed by atoms with van der Waals surface area (Å²) < 4.78 is 0. The van der Waals surface area contributed by atoms with Gasteiger partial charge in [0.15, 0.2) is 0 Å². The lowest BCUT2D eigenvalue weighted by atomic mass is 10.1. The van der Waals surface area contributed by atoms with Crippen LogP contribution < -0.4 is 0 Å². The predicted molar refractivity (Wildman–Crippen MR) is 77.9 cm³/mol. The number of rotatable bonds is 10. The van der Waals surface area contributed by atoms with Crippen molar-refractivity contribution in [2.45, 2.75) is 77.2 Å². The van der Waals surface area contributed by atoms with Crippen LogP contribution in [0.25, 0.3) is 0 Å². The van der Waals surface area contributed by atoms with Crippen molar-refractivity contribution in [2.75, 3.05) is 19.0 Å². The van der Waals surface area contributed by atoms with Gasteiger partial charge < -0.3 is 0 Å². The van der Waals surface area contributed by atoms with Crippen LogP contribution in [0.1, 0.15) is 71.1 Å². The zero-order valence-corrected chi connectivity index (χ0v) is 12.4. The second-order valence-electron chi connectivity index (χ2n) is 5.46. The van der Waals surface area contributed by atoms with E-state index in [1.165, 1.54) is 77.3 Å². The first kappa shape index (κ1) is 15.3. The Morgan fingerprint density at radius 2 is 1.65 bits per heavy atom. The smallest absolute Gasteiger partial charge is 0.0379 e. The molecule has 0 N–H and O–H groups in total. The normalized spacial score (nSPS) is 21.2. The maximum absolute atomic E-state index is 5.97. The summed E-state index contributed by atoms with van der Waals surface area (Å²) in [6.07, 6.45) is 14.0. The molecule has 0 aromatic rings. The van der Waals surface area contributed by atoms with E-state index in [0.717, 1.165) is 5.88 Å². The molecule has 1 atom stereocenters. The minimum atomic E-state index is 0.682. The molecule has 2 heteroatoms. The van der Waals surface area contributed by atoms with Crippen molar-refractivity contribution >= 4 is 11.6 Å². The number of alkyl halides is 1. The van der Waals surface area contributed by atoms with Crippen molar-refractivity contribution in [1.29, 1.82) is 0 Å². The molecule has 1 aliphatic rings. The highest BCUT2D eigenvalue weighted by atomic mass is 35.5. The molecule has 0 bridgehead atoms. The van der Waals surface area contributed by atoms with Crippen molar-refractivity contribution in [3.05, 3.63) is 0 Å². The second-order valence-corrected chi connectivity index (χ2v) is 5.77. The molecule has 0 saturated carbocycles. The molecule has 1 saturated heterocycles. The highest BCUT2D eigenvalue weighted by Gasteiger charge is 2.22. The summed E-state index contributed by atoms with van der Waals surface area (Å²) in [5.41, 5.74) is 0. The van der Waals surface area contributed by atoms with E-state index in [4.69, 9.17) is 11.6 Å².